The van der Waals surface area contributed by atoms with Crippen molar-refractivity contribution in [2.24, 2.45) is 0 Å². The van der Waals surface area contributed by atoms with Gasteiger partial charge in [0.2, 0.25) is 5.91 Å². The Morgan fingerprint density at radius 2 is 0.573 bits per heavy atom. The summed E-state index contributed by atoms with van der Waals surface area (Å²) in [5.74, 6) is -0.0479. The topological polar surface area (TPSA) is 95.9 Å². The van der Waals surface area contributed by atoms with E-state index in [0.29, 0.717) is 19.4 Å². The number of aliphatic hydroxyl groups is 2. The Hall–Kier alpha value is -1.66. The number of hydrogen-bond acceptors (Lipinski definition) is 5. The minimum Gasteiger partial charge on any atom is -0.466 e. The summed E-state index contributed by atoms with van der Waals surface area (Å²) in [5.41, 5.74) is 0. The van der Waals surface area contributed by atoms with Gasteiger partial charge in [-0.25, -0.2) is 0 Å². The van der Waals surface area contributed by atoms with Crippen molar-refractivity contribution in [1.82, 2.24) is 5.32 Å². The summed E-state index contributed by atoms with van der Waals surface area (Å²) < 4.78 is 5.50. The smallest absolute Gasteiger partial charge is 0.305 e. The Balaban J connectivity index is 3.36. The molecular weight excluding hydrogens is 1010 g/mol. The van der Waals surface area contributed by atoms with Crippen LogP contribution in [-0.4, -0.2) is 47.4 Å². The lowest BCUT2D eigenvalue weighted by molar-refractivity contribution is -0.143. The number of carbonyl (C=O) groups excluding carboxylic acids is 2. The molecule has 486 valence electrons. The Morgan fingerprint density at radius 1 is 0.329 bits per heavy atom. The molecule has 0 aliphatic rings. The van der Waals surface area contributed by atoms with Gasteiger partial charge in [-0.2, -0.15) is 0 Å². The molecule has 0 aliphatic heterocycles. The van der Waals surface area contributed by atoms with Crippen molar-refractivity contribution in [3.05, 3.63) is 24.3 Å². The number of carbonyl (C=O) groups is 2. The third kappa shape index (κ3) is 67.5. The van der Waals surface area contributed by atoms with E-state index in [1.54, 1.807) is 6.08 Å². The second-order valence-electron chi connectivity index (χ2n) is 26.0. The highest BCUT2D eigenvalue weighted by Gasteiger charge is 2.18. The van der Waals surface area contributed by atoms with Gasteiger partial charge in [-0.1, -0.05) is 378 Å². The summed E-state index contributed by atoms with van der Waals surface area (Å²) in [5, 5.41) is 23.3. The van der Waals surface area contributed by atoms with Gasteiger partial charge in [0, 0.05) is 12.8 Å². The SMILES string of the molecule is CCCCCCCC/C=C\CCCCCCCC(=O)OCCCCCCCCCCCCCCCCCCCCCCCCCCCCCCCC(=O)NC(CO)C(O)/C=C/CCCCCCCCCCCCCCCCCCCCC. The summed E-state index contributed by atoms with van der Waals surface area (Å²) in [6, 6.07) is -0.626. The van der Waals surface area contributed by atoms with Crippen LogP contribution in [0.5, 0.6) is 0 Å². The molecule has 2 unspecified atom stereocenters. The van der Waals surface area contributed by atoms with Gasteiger partial charge >= 0.3 is 5.97 Å². The second kappa shape index (κ2) is 71.8. The molecule has 0 spiro atoms. The van der Waals surface area contributed by atoms with E-state index in [-0.39, 0.29) is 18.5 Å². The van der Waals surface area contributed by atoms with E-state index in [1.165, 1.54) is 353 Å². The van der Waals surface area contributed by atoms with E-state index in [1.807, 2.05) is 6.08 Å². The van der Waals surface area contributed by atoms with Crippen LogP contribution in [0.2, 0.25) is 0 Å². The van der Waals surface area contributed by atoms with Crippen LogP contribution in [0.15, 0.2) is 24.3 Å². The Kier molecular flexibility index (Phi) is 70.4. The number of aliphatic hydroxyl groups excluding tert-OH is 2. The van der Waals surface area contributed by atoms with Gasteiger partial charge in [-0.05, 0) is 57.8 Å². The lowest BCUT2D eigenvalue weighted by Gasteiger charge is -2.20. The zero-order valence-electron chi connectivity index (χ0n) is 55.8. The molecule has 0 aliphatic carbocycles. The fourth-order valence-electron chi connectivity index (χ4n) is 12.0. The van der Waals surface area contributed by atoms with Gasteiger partial charge in [-0.15, -0.1) is 0 Å². The van der Waals surface area contributed by atoms with Crippen molar-refractivity contribution in [1.29, 1.82) is 0 Å². The second-order valence-corrected chi connectivity index (χ2v) is 26.0. The minimum atomic E-state index is -0.843. The molecule has 0 heterocycles. The van der Waals surface area contributed by atoms with Gasteiger partial charge in [-0.3, -0.25) is 9.59 Å². The van der Waals surface area contributed by atoms with Crippen molar-refractivity contribution < 1.29 is 24.5 Å². The predicted molar refractivity (Wildman–Crippen MR) is 361 cm³/mol. The zero-order chi connectivity index (χ0) is 59.2. The number of amides is 1. The Bertz CT molecular complexity index is 1280. The molecule has 0 bridgehead atoms. The molecule has 82 heavy (non-hydrogen) atoms. The molecule has 0 aromatic carbocycles. The average Bonchev–Trinajstić information content (AvgIpc) is 3.48. The highest BCUT2D eigenvalue weighted by Crippen LogP contribution is 2.19. The Labute approximate surface area is 513 Å². The van der Waals surface area contributed by atoms with E-state index in [0.717, 1.165) is 44.9 Å². The fraction of sp³-hybridized carbons (Fsp3) is 0.921. The van der Waals surface area contributed by atoms with Gasteiger partial charge in [0.1, 0.15) is 0 Å². The Morgan fingerprint density at radius 3 is 0.866 bits per heavy atom. The molecule has 1 amide bonds. The van der Waals surface area contributed by atoms with E-state index in [4.69, 9.17) is 4.74 Å². The van der Waals surface area contributed by atoms with Crippen LogP contribution in [0.3, 0.4) is 0 Å². The summed E-state index contributed by atoms with van der Waals surface area (Å²) in [6.45, 7) is 4.94. The number of nitrogens with one attached hydrogen (secondary N) is 1. The quantitative estimate of drug-likeness (QED) is 0.0320. The first-order valence-electron chi connectivity index (χ1n) is 37.6. The van der Waals surface area contributed by atoms with Crippen molar-refractivity contribution in [2.75, 3.05) is 13.2 Å². The van der Waals surface area contributed by atoms with Crippen LogP contribution < -0.4 is 5.32 Å². The molecule has 6 heteroatoms. The molecule has 3 N–H and O–H groups in total. The van der Waals surface area contributed by atoms with E-state index >= 15 is 0 Å². The van der Waals surface area contributed by atoms with Crippen molar-refractivity contribution >= 4 is 11.9 Å². The molecule has 0 radical (unpaired) electrons. The molecule has 0 fully saturated rings. The van der Waals surface area contributed by atoms with Crippen LogP contribution >= 0.6 is 0 Å². The normalized spacial score (nSPS) is 12.6. The number of esters is 1. The maximum atomic E-state index is 12.5. The van der Waals surface area contributed by atoms with Crippen molar-refractivity contribution in [3.8, 4) is 0 Å². The van der Waals surface area contributed by atoms with Crippen LogP contribution in [0.25, 0.3) is 0 Å². The molecule has 0 saturated carbocycles. The standard InChI is InChI=1S/C76H147NO5/c1-3-5-7-9-11-13-15-17-19-20-21-31-34-37-41-44-48-52-56-60-64-68-74(79)73(72-78)77-75(80)69-65-61-57-53-49-45-42-38-35-32-29-27-25-23-22-24-26-28-30-33-36-39-43-47-51-55-59-63-67-71-82-76(81)70-66-62-58-54-50-46-40-18-16-14-12-10-8-6-4-2/h18,40,64,68,73-74,78-79H,3-17,19-39,41-63,65-67,69-72H2,1-2H3,(H,77,80)/b40-18-,68-64+. The first-order valence-corrected chi connectivity index (χ1v) is 37.6. The van der Waals surface area contributed by atoms with Crippen LogP contribution in [0.1, 0.15) is 425 Å². The largest absolute Gasteiger partial charge is 0.466 e. The monoisotopic (exact) mass is 1150 g/mol. The molecular formula is C76H147NO5. The zero-order valence-corrected chi connectivity index (χ0v) is 55.8. The molecule has 0 aromatic rings. The minimum absolute atomic E-state index is 0.0121. The van der Waals surface area contributed by atoms with Gasteiger partial charge in [0.15, 0.2) is 0 Å². The third-order valence-electron chi connectivity index (χ3n) is 17.7. The van der Waals surface area contributed by atoms with Crippen LogP contribution in [0.4, 0.5) is 0 Å². The van der Waals surface area contributed by atoms with Gasteiger partial charge in [0.25, 0.3) is 0 Å². The highest BCUT2D eigenvalue weighted by molar-refractivity contribution is 5.76. The summed E-state index contributed by atoms with van der Waals surface area (Å²) in [6.07, 6.45) is 91.4. The van der Waals surface area contributed by atoms with Crippen molar-refractivity contribution in [2.45, 2.75) is 437 Å². The first-order chi connectivity index (χ1) is 40.5. The van der Waals surface area contributed by atoms with E-state index < -0.39 is 12.1 Å². The molecule has 2 atom stereocenters. The number of rotatable bonds is 71. The third-order valence-corrected chi connectivity index (χ3v) is 17.7. The van der Waals surface area contributed by atoms with Crippen LogP contribution in [0, 0.1) is 0 Å². The summed E-state index contributed by atoms with van der Waals surface area (Å²) >= 11 is 0. The first kappa shape index (κ1) is 80.3. The number of ether oxygens (including phenoxy) is 1. The summed E-state index contributed by atoms with van der Waals surface area (Å²) in [7, 11) is 0. The lowest BCUT2D eigenvalue weighted by atomic mass is 10.0. The fourth-order valence-corrected chi connectivity index (χ4v) is 12.0. The van der Waals surface area contributed by atoms with Gasteiger partial charge < -0.3 is 20.3 Å². The van der Waals surface area contributed by atoms with Crippen LogP contribution in [-0.2, 0) is 14.3 Å². The van der Waals surface area contributed by atoms with Gasteiger partial charge in [0.05, 0.1) is 25.4 Å². The highest BCUT2D eigenvalue weighted by atomic mass is 16.5. The maximum absolute atomic E-state index is 12.5. The molecule has 0 rings (SSSR count). The van der Waals surface area contributed by atoms with E-state index in [2.05, 4.69) is 31.3 Å². The predicted octanol–water partition coefficient (Wildman–Crippen LogP) is 24.5. The maximum Gasteiger partial charge on any atom is 0.305 e. The number of allylic oxidation sites excluding steroid dienone is 3. The molecule has 0 saturated heterocycles. The lowest BCUT2D eigenvalue weighted by Crippen LogP contribution is -2.45. The molecule has 6 nitrogen and oxygen atoms in total. The molecule has 0 aromatic heterocycles. The van der Waals surface area contributed by atoms with Crippen molar-refractivity contribution in [3.63, 3.8) is 0 Å². The number of unbranched alkanes of at least 4 members (excludes halogenated alkanes) is 58. The number of hydrogen-bond donors (Lipinski definition) is 3. The summed E-state index contributed by atoms with van der Waals surface area (Å²) in [4.78, 5) is 24.6. The average molecular weight is 1160 g/mol. The van der Waals surface area contributed by atoms with E-state index in [9.17, 15) is 19.8 Å².